The highest BCUT2D eigenvalue weighted by atomic mass is 16.6. The molecule has 3 nitrogen and oxygen atoms in total. The Hall–Kier alpha value is -1.77. The van der Waals surface area contributed by atoms with Crippen LogP contribution in [0.5, 0.6) is 0 Å². The van der Waals surface area contributed by atoms with Gasteiger partial charge in [0.15, 0.2) is 6.10 Å². The van der Waals surface area contributed by atoms with Crippen molar-refractivity contribution >= 4 is 5.97 Å². The molecule has 0 aromatic heterocycles. The van der Waals surface area contributed by atoms with Gasteiger partial charge < -0.3 is 9.47 Å². The van der Waals surface area contributed by atoms with Gasteiger partial charge in [-0.2, -0.15) is 0 Å². The number of hydrogen-bond donors (Lipinski definition) is 0. The van der Waals surface area contributed by atoms with Crippen molar-refractivity contribution in [2.24, 2.45) is 0 Å². The monoisotopic (exact) mass is 360 g/mol. The van der Waals surface area contributed by atoms with Crippen LogP contribution in [0.2, 0.25) is 0 Å². The van der Waals surface area contributed by atoms with Crippen molar-refractivity contribution in [1.82, 2.24) is 0 Å². The average molecular weight is 361 g/mol. The molecule has 0 aliphatic heterocycles. The zero-order chi connectivity index (χ0) is 19.2. The molecule has 146 valence electrons. The lowest BCUT2D eigenvalue weighted by Gasteiger charge is -2.16. The lowest BCUT2D eigenvalue weighted by molar-refractivity contribution is 0.0275. The van der Waals surface area contributed by atoms with Crippen molar-refractivity contribution < 1.29 is 14.3 Å². The van der Waals surface area contributed by atoms with E-state index in [1.54, 1.807) is 6.92 Å². The van der Waals surface area contributed by atoms with E-state index < -0.39 is 6.10 Å². The minimum absolute atomic E-state index is 0.336. The largest absolute Gasteiger partial charge is 0.495 e. The van der Waals surface area contributed by atoms with Gasteiger partial charge in [-0.15, -0.1) is 0 Å². The third-order valence-corrected chi connectivity index (χ3v) is 4.58. The number of benzene rings is 1. The van der Waals surface area contributed by atoms with Crippen LogP contribution in [0.15, 0.2) is 36.6 Å². The molecule has 0 fully saturated rings. The van der Waals surface area contributed by atoms with Crippen molar-refractivity contribution in [3.63, 3.8) is 0 Å². The molecule has 3 heteroatoms. The molecule has 0 aliphatic carbocycles. The smallest absolute Gasteiger partial charge is 0.338 e. The van der Waals surface area contributed by atoms with Crippen LogP contribution in [0.1, 0.15) is 88.1 Å². The molecule has 0 spiro atoms. The first-order valence-corrected chi connectivity index (χ1v) is 10.2. The standard InChI is InChI=1S/C23H36O3/c1-5-7-8-9-10-11-12-13-14-21-15-17-22(18-16-21)23(24)26-20(4)19(3)25-6-2/h15-18,20H,3,5-14H2,1-2,4H3. The lowest BCUT2D eigenvalue weighted by Crippen LogP contribution is -2.18. The van der Waals surface area contributed by atoms with Crippen molar-refractivity contribution in [2.45, 2.75) is 84.7 Å². The molecule has 0 N–H and O–H groups in total. The topological polar surface area (TPSA) is 35.5 Å². The molecule has 1 aromatic carbocycles. The highest BCUT2D eigenvalue weighted by molar-refractivity contribution is 5.89. The molecule has 0 bridgehead atoms. The SMILES string of the molecule is C=C(OCC)C(C)OC(=O)c1ccc(CCCCCCCCCC)cc1. The molecule has 0 saturated heterocycles. The number of rotatable bonds is 14. The van der Waals surface area contributed by atoms with E-state index in [4.69, 9.17) is 9.47 Å². The fourth-order valence-electron chi connectivity index (χ4n) is 2.87. The molecule has 1 aromatic rings. The molecular formula is C23H36O3. The van der Waals surface area contributed by atoms with Crippen molar-refractivity contribution in [2.75, 3.05) is 6.61 Å². The average Bonchev–Trinajstić information content (AvgIpc) is 2.64. The van der Waals surface area contributed by atoms with Crippen molar-refractivity contribution in [1.29, 1.82) is 0 Å². The van der Waals surface area contributed by atoms with Crippen LogP contribution in [0.3, 0.4) is 0 Å². The Labute approximate surface area is 159 Å². The van der Waals surface area contributed by atoms with Crippen LogP contribution in [-0.2, 0) is 15.9 Å². The maximum absolute atomic E-state index is 12.2. The zero-order valence-electron chi connectivity index (χ0n) is 16.9. The van der Waals surface area contributed by atoms with Gasteiger partial charge in [0.2, 0.25) is 0 Å². The first kappa shape index (κ1) is 22.3. The summed E-state index contributed by atoms with van der Waals surface area (Å²) < 4.78 is 10.7. The Balaban J connectivity index is 2.28. The fourth-order valence-corrected chi connectivity index (χ4v) is 2.87. The van der Waals surface area contributed by atoms with Crippen LogP contribution in [0.4, 0.5) is 0 Å². The quantitative estimate of drug-likeness (QED) is 0.217. The van der Waals surface area contributed by atoms with Crippen LogP contribution in [0.25, 0.3) is 0 Å². The second-order valence-electron chi connectivity index (χ2n) is 6.87. The highest BCUT2D eigenvalue weighted by Crippen LogP contribution is 2.14. The van der Waals surface area contributed by atoms with E-state index >= 15 is 0 Å². The first-order valence-electron chi connectivity index (χ1n) is 10.2. The summed E-state index contributed by atoms with van der Waals surface area (Å²) in [4.78, 5) is 12.2. The van der Waals surface area contributed by atoms with E-state index in [1.807, 2.05) is 31.2 Å². The van der Waals surface area contributed by atoms with Crippen LogP contribution in [-0.4, -0.2) is 18.7 Å². The minimum atomic E-state index is -0.445. The number of unbranched alkanes of at least 4 members (excludes halogenated alkanes) is 7. The van der Waals surface area contributed by atoms with Gasteiger partial charge in [0.05, 0.1) is 12.2 Å². The zero-order valence-corrected chi connectivity index (χ0v) is 16.9. The van der Waals surface area contributed by atoms with Gasteiger partial charge in [0.1, 0.15) is 5.76 Å². The molecule has 0 amide bonds. The van der Waals surface area contributed by atoms with Crippen molar-refractivity contribution in [3.8, 4) is 0 Å². The third kappa shape index (κ3) is 9.07. The molecule has 0 aliphatic rings. The summed E-state index contributed by atoms with van der Waals surface area (Å²) in [6, 6.07) is 7.75. The first-order chi connectivity index (χ1) is 12.6. The fraction of sp³-hybridized carbons (Fsp3) is 0.609. The number of aryl methyl sites for hydroxylation is 1. The lowest BCUT2D eigenvalue weighted by atomic mass is 10.0. The van der Waals surface area contributed by atoms with Crippen LogP contribution in [0, 0.1) is 0 Å². The Bertz CT molecular complexity index is 519. The predicted octanol–water partition coefficient (Wildman–Crippen LogP) is 6.47. The van der Waals surface area contributed by atoms with Crippen LogP contribution >= 0.6 is 0 Å². The summed E-state index contributed by atoms with van der Waals surface area (Å²) >= 11 is 0. The Morgan fingerprint density at radius 1 is 0.962 bits per heavy atom. The maximum atomic E-state index is 12.2. The Morgan fingerprint density at radius 3 is 2.12 bits per heavy atom. The van der Waals surface area contributed by atoms with E-state index in [0.29, 0.717) is 17.9 Å². The molecule has 0 saturated carbocycles. The predicted molar refractivity (Wildman–Crippen MR) is 108 cm³/mol. The summed E-state index contributed by atoms with van der Waals surface area (Å²) in [7, 11) is 0. The van der Waals surface area contributed by atoms with Gasteiger partial charge in [-0.1, -0.05) is 70.6 Å². The number of ether oxygens (including phenoxy) is 2. The molecule has 1 atom stereocenters. The van der Waals surface area contributed by atoms with E-state index in [-0.39, 0.29) is 5.97 Å². The second-order valence-corrected chi connectivity index (χ2v) is 6.87. The Kier molecular flexibility index (Phi) is 11.5. The Morgan fingerprint density at radius 2 is 1.54 bits per heavy atom. The van der Waals surface area contributed by atoms with E-state index in [0.717, 1.165) is 6.42 Å². The highest BCUT2D eigenvalue weighted by Gasteiger charge is 2.15. The van der Waals surface area contributed by atoms with E-state index in [2.05, 4.69) is 13.5 Å². The second kappa shape index (κ2) is 13.4. The van der Waals surface area contributed by atoms with Gasteiger partial charge in [-0.3, -0.25) is 0 Å². The third-order valence-electron chi connectivity index (χ3n) is 4.58. The number of esters is 1. The molecular weight excluding hydrogens is 324 g/mol. The van der Waals surface area contributed by atoms with Gasteiger partial charge in [-0.05, 0) is 44.4 Å². The summed E-state index contributed by atoms with van der Waals surface area (Å²) in [5.41, 5.74) is 1.85. The van der Waals surface area contributed by atoms with Crippen LogP contribution < -0.4 is 0 Å². The normalized spacial score (nSPS) is 11.8. The van der Waals surface area contributed by atoms with E-state index in [9.17, 15) is 4.79 Å². The summed E-state index contributed by atoms with van der Waals surface area (Å²) in [5.74, 6) is 0.143. The van der Waals surface area contributed by atoms with Gasteiger partial charge in [0.25, 0.3) is 0 Å². The summed E-state index contributed by atoms with van der Waals surface area (Å²) in [6.45, 7) is 10.2. The molecule has 1 rings (SSSR count). The minimum Gasteiger partial charge on any atom is -0.495 e. The number of carbonyl (C=O) groups excluding carboxylic acids is 1. The molecule has 0 radical (unpaired) electrons. The summed E-state index contributed by atoms with van der Waals surface area (Å²) in [6.07, 6.45) is 11.2. The molecule has 0 heterocycles. The van der Waals surface area contributed by atoms with Gasteiger partial charge >= 0.3 is 5.97 Å². The maximum Gasteiger partial charge on any atom is 0.338 e. The van der Waals surface area contributed by atoms with Crippen molar-refractivity contribution in [3.05, 3.63) is 47.7 Å². The van der Waals surface area contributed by atoms with E-state index in [1.165, 1.54) is 56.9 Å². The molecule has 1 unspecified atom stereocenters. The molecule has 26 heavy (non-hydrogen) atoms. The summed E-state index contributed by atoms with van der Waals surface area (Å²) in [5, 5.41) is 0. The number of carbonyl (C=O) groups is 1. The van der Waals surface area contributed by atoms with Gasteiger partial charge in [0, 0.05) is 0 Å². The number of hydrogen-bond acceptors (Lipinski definition) is 3. The van der Waals surface area contributed by atoms with Gasteiger partial charge in [-0.25, -0.2) is 4.79 Å².